The van der Waals surface area contributed by atoms with E-state index < -0.39 is 0 Å². The van der Waals surface area contributed by atoms with Gasteiger partial charge in [0.1, 0.15) is 12.4 Å². The van der Waals surface area contributed by atoms with Gasteiger partial charge in [-0.15, -0.1) is 11.3 Å². The smallest absolute Gasteiger partial charge is 0.261 e. The molecule has 120 valence electrons. The number of carbonyl (C=O) groups is 1. The summed E-state index contributed by atoms with van der Waals surface area (Å²) in [5.41, 5.74) is 2.16. The first-order valence-electron chi connectivity index (χ1n) is 8.00. The molecule has 2 aliphatic rings. The molecule has 1 aromatic carbocycles. The number of amides is 1. The van der Waals surface area contributed by atoms with Crippen LogP contribution in [-0.2, 0) is 11.3 Å². The Morgan fingerprint density at radius 1 is 1.39 bits per heavy atom. The normalized spacial score (nSPS) is 20.3. The first kappa shape index (κ1) is 14.7. The van der Waals surface area contributed by atoms with Crippen molar-refractivity contribution in [2.24, 2.45) is 0 Å². The maximum Gasteiger partial charge on any atom is 0.261 e. The van der Waals surface area contributed by atoms with Crippen LogP contribution in [0.3, 0.4) is 0 Å². The maximum atomic E-state index is 12.5. The fourth-order valence-corrected chi connectivity index (χ4v) is 4.28. The van der Waals surface area contributed by atoms with Crippen LogP contribution >= 0.6 is 11.3 Å². The molecule has 0 saturated carbocycles. The van der Waals surface area contributed by atoms with Crippen molar-refractivity contribution < 1.29 is 14.3 Å². The molecular weight excluding hydrogens is 310 g/mol. The Bertz CT molecular complexity index is 734. The Morgan fingerprint density at radius 3 is 3.09 bits per heavy atom. The van der Waals surface area contributed by atoms with Gasteiger partial charge in [-0.05, 0) is 38.0 Å². The Balaban J connectivity index is 1.55. The average molecular weight is 329 g/mol. The SMILES string of the molecule is C[C@H](NC(=O)c1cc2c(s1)-c1ccccc1OC2)[C@H]1CCCO1. The molecule has 0 unspecified atom stereocenters. The van der Waals surface area contributed by atoms with E-state index in [0.29, 0.717) is 6.61 Å². The standard InChI is InChI=1S/C18H19NO3S/c1-11(14-7-4-8-21-14)19-18(20)16-9-12-10-22-15-6-3-2-5-13(15)17(12)23-16/h2-3,5-6,9,11,14H,4,7-8,10H2,1H3,(H,19,20)/t11-,14+/m0/s1. The molecule has 23 heavy (non-hydrogen) atoms. The molecule has 3 heterocycles. The quantitative estimate of drug-likeness (QED) is 0.936. The van der Waals surface area contributed by atoms with Crippen LogP contribution in [0.5, 0.6) is 5.75 Å². The Labute approximate surface area is 139 Å². The van der Waals surface area contributed by atoms with Crippen LogP contribution in [0.2, 0.25) is 0 Å². The Kier molecular flexibility index (Phi) is 3.83. The van der Waals surface area contributed by atoms with Gasteiger partial charge < -0.3 is 14.8 Å². The number of nitrogens with one attached hydrogen (secondary N) is 1. The highest BCUT2D eigenvalue weighted by Crippen LogP contribution is 2.42. The van der Waals surface area contributed by atoms with Crippen molar-refractivity contribution >= 4 is 17.2 Å². The molecule has 5 heteroatoms. The fraction of sp³-hybridized carbons (Fsp3) is 0.389. The molecule has 2 aromatic rings. The summed E-state index contributed by atoms with van der Waals surface area (Å²) in [6.45, 7) is 3.34. The van der Waals surface area contributed by atoms with Crippen molar-refractivity contribution in [3.05, 3.63) is 40.8 Å². The highest BCUT2D eigenvalue weighted by molar-refractivity contribution is 7.17. The summed E-state index contributed by atoms with van der Waals surface area (Å²) in [6.07, 6.45) is 2.23. The van der Waals surface area contributed by atoms with E-state index in [1.54, 1.807) is 0 Å². The number of para-hydroxylation sites is 1. The minimum atomic E-state index is -0.0233. The summed E-state index contributed by atoms with van der Waals surface area (Å²) in [6, 6.07) is 9.96. The van der Waals surface area contributed by atoms with E-state index in [1.165, 1.54) is 11.3 Å². The molecule has 4 nitrogen and oxygen atoms in total. The number of hydrogen-bond donors (Lipinski definition) is 1. The predicted molar refractivity (Wildman–Crippen MR) is 90.0 cm³/mol. The van der Waals surface area contributed by atoms with Gasteiger partial charge in [-0.25, -0.2) is 0 Å². The Morgan fingerprint density at radius 2 is 2.26 bits per heavy atom. The second-order valence-electron chi connectivity index (χ2n) is 6.06. The molecule has 0 bridgehead atoms. The summed E-state index contributed by atoms with van der Waals surface area (Å²) in [5, 5.41) is 3.08. The monoisotopic (exact) mass is 329 g/mol. The molecule has 0 radical (unpaired) electrons. The molecular formula is C18H19NO3S. The molecule has 1 saturated heterocycles. The van der Waals surface area contributed by atoms with Crippen LogP contribution < -0.4 is 10.1 Å². The van der Waals surface area contributed by atoms with Crippen LogP contribution in [-0.4, -0.2) is 24.7 Å². The number of benzene rings is 1. The van der Waals surface area contributed by atoms with Crippen LogP contribution in [0.25, 0.3) is 10.4 Å². The molecule has 1 aromatic heterocycles. The van der Waals surface area contributed by atoms with Gasteiger partial charge in [0.05, 0.1) is 17.0 Å². The van der Waals surface area contributed by atoms with E-state index in [-0.39, 0.29) is 18.1 Å². The van der Waals surface area contributed by atoms with Gasteiger partial charge in [0.15, 0.2) is 0 Å². The summed E-state index contributed by atoms with van der Waals surface area (Å²) in [5.74, 6) is 0.867. The average Bonchev–Trinajstić information content (AvgIpc) is 3.24. The third-order valence-corrected chi connectivity index (χ3v) is 5.64. The lowest BCUT2D eigenvalue weighted by molar-refractivity contribution is 0.0714. The van der Waals surface area contributed by atoms with E-state index >= 15 is 0 Å². The third-order valence-electron chi connectivity index (χ3n) is 4.43. The number of hydrogen-bond acceptors (Lipinski definition) is 4. The van der Waals surface area contributed by atoms with Gasteiger partial charge >= 0.3 is 0 Å². The molecule has 1 amide bonds. The summed E-state index contributed by atoms with van der Waals surface area (Å²) < 4.78 is 11.4. The molecule has 0 aliphatic carbocycles. The summed E-state index contributed by atoms with van der Waals surface area (Å²) in [4.78, 5) is 14.4. The molecule has 1 N–H and O–H groups in total. The van der Waals surface area contributed by atoms with Gasteiger partial charge in [-0.1, -0.05) is 12.1 Å². The third kappa shape index (κ3) is 2.75. The minimum Gasteiger partial charge on any atom is -0.488 e. The van der Waals surface area contributed by atoms with Crippen molar-refractivity contribution in [2.75, 3.05) is 6.61 Å². The topological polar surface area (TPSA) is 47.6 Å². The highest BCUT2D eigenvalue weighted by Gasteiger charge is 2.26. The van der Waals surface area contributed by atoms with E-state index in [1.807, 2.05) is 37.3 Å². The molecule has 2 atom stereocenters. The fourth-order valence-electron chi connectivity index (χ4n) is 3.18. The van der Waals surface area contributed by atoms with Gasteiger partial charge in [-0.2, -0.15) is 0 Å². The number of fused-ring (bicyclic) bond motifs is 3. The zero-order chi connectivity index (χ0) is 15.8. The minimum absolute atomic E-state index is 0.0233. The van der Waals surface area contributed by atoms with E-state index in [2.05, 4.69) is 5.32 Å². The van der Waals surface area contributed by atoms with E-state index in [9.17, 15) is 4.79 Å². The number of thiophene rings is 1. The van der Waals surface area contributed by atoms with Crippen LogP contribution in [0.4, 0.5) is 0 Å². The van der Waals surface area contributed by atoms with Crippen LogP contribution in [0.15, 0.2) is 30.3 Å². The van der Waals surface area contributed by atoms with Crippen molar-refractivity contribution in [3.63, 3.8) is 0 Å². The van der Waals surface area contributed by atoms with Crippen molar-refractivity contribution in [3.8, 4) is 16.2 Å². The largest absolute Gasteiger partial charge is 0.488 e. The lowest BCUT2D eigenvalue weighted by Gasteiger charge is -2.19. The lowest BCUT2D eigenvalue weighted by Crippen LogP contribution is -2.40. The summed E-state index contributed by atoms with van der Waals surface area (Å²) >= 11 is 1.54. The second kappa shape index (κ2) is 5.98. The number of carbonyl (C=O) groups excluding carboxylic acids is 1. The molecule has 4 rings (SSSR count). The zero-order valence-corrected chi connectivity index (χ0v) is 13.8. The van der Waals surface area contributed by atoms with Crippen LogP contribution in [0.1, 0.15) is 35.0 Å². The first-order chi connectivity index (χ1) is 11.2. The van der Waals surface area contributed by atoms with Gasteiger partial charge in [0, 0.05) is 22.6 Å². The van der Waals surface area contributed by atoms with Crippen molar-refractivity contribution in [2.45, 2.75) is 38.5 Å². The van der Waals surface area contributed by atoms with E-state index in [0.717, 1.165) is 46.1 Å². The molecule has 1 fully saturated rings. The molecule has 2 aliphatic heterocycles. The Hall–Kier alpha value is -1.85. The summed E-state index contributed by atoms with van der Waals surface area (Å²) in [7, 11) is 0. The van der Waals surface area contributed by atoms with Gasteiger partial charge in [-0.3, -0.25) is 4.79 Å². The van der Waals surface area contributed by atoms with Crippen molar-refractivity contribution in [1.29, 1.82) is 0 Å². The van der Waals surface area contributed by atoms with Crippen LogP contribution in [0, 0.1) is 0 Å². The van der Waals surface area contributed by atoms with Gasteiger partial charge in [0.25, 0.3) is 5.91 Å². The lowest BCUT2D eigenvalue weighted by atomic mass is 10.1. The first-order valence-corrected chi connectivity index (χ1v) is 8.81. The number of ether oxygens (including phenoxy) is 2. The van der Waals surface area contributed by atoms with Gasteiger partial charge in [0.2, 0.25) is 0 Å². The predicted octanol–water partition coefficient (Wildman–Crippen LogP) is 3.60. The van der Waals surface area contributed by atoms with E-state index in [4.69, 9.17) is 9.47 Å². The maximum absolute atomic E-state index is 12.5. The zero-order valence-electron chi connectivity index (χ0n) is 13.0. The number of rotatable bonds is 3. The van der Waals surface area contributed by atoms with Crippen molar-refractivity contribution in [1.82, 2.24) is 5.32 Å². The second-order valence-corrected chi connectivity index (χ2v) is 7.12. The molecule has 0 spiro atoms. The highest BCUT2D eigenvalue weighted by atomic mass is 32.1.